The third kappa shape index (κ3) is 9.16. The van der Waals surface area contributed by atoms with Crippen LogP contribution in [-0.2, 0) is 36.8 Å². The number of para-hydroxylation sites is 1. The standard InChI is InChI=1S/C30H38N6O6/c1-17(2)12-23(34-27(38)21(31)15-26(32)37)28(39)35-24(13-18-8-4-3-5-9-18)29(40)36-25(30(41)42)14-19-16-33-22-11-7-6-10-20(19)22/h3-11,16-17,21,23-25,33H,12-15,31H2,1-2H3,(H2,32,37)(H,34,38)(H,35,39)(H,36,40)(H,41,42). The number of aromatic amines is 1. The summed E-state index contributed by atoms with van der Waals surface area (Å²) in [5.74, 6) is -4.09. The van der Waals surface area contributed by atoms with E-state index in [-0.39, 0.29) is 25.2 Å². The second kappa shape index (κ2) is 14.8. The number of carbonyl (C=O) groups is 5. The number of carboxylic acids is 1. The molecule has 3 aromatic rings. The molecule has 4 atom stereocenters. The highest BCUT2D eigenvalue weighted by atomic mass is 16.4. The Bertz CT molecular complexity index is 1410. The molecule has 1 aromatic heterocycles. The highest BCUT2D eigenvalue weighted by Crippen LogP contribution is 2.19. The van der Waals surface area contributed by atoms with Crippen LogP contribution in [0.25, 0.3) is 10.9 Å². The summed E-state index contributed by atoms with van der Waals surface area (Å²) in [6, 6.07) is 11.6. The molecule has 1 heterocycles. The van der Waals surface area contributed by atoms with Gasteiger partial charge in [0, 0.05) is 29.9 Å². The van der Waals surface area contributed by atoms with Crippen molar-refractivity contribution in [2.75, 3.05) is 0 Å². The van der Waals surface area contributed by atoms with Crippen LogP contribution in [0.1, 0.15) is 37.8 Å². The second-order valence-electron chi connectivity index (χ2n) is 10.7. The summed E-state index contributed by atoms with van der Waals surface area (Å²) in [6.45, 7) is 3.71. The summed E-state index contributed by atoms with van der Waals surface area (Å²) >= 11 is 0. The number of primary amides is 1. The van der Waals surface area contributed by atoms with E-state index < -0.39 is 60.2 Å². The number of H-pyrrole nitrogens is 1. The molecule has 9 N–H and O–H groups in total. The van der Waals surface area contributed by atoms with Gasteiger partial charge in [-0.25, -0.2) is 4.79 Å². The summed E-state index contributed by atoms with van der Waals surface area (Å²) in [4.78, 5) is 66.0. The van der Waals surface area contributed by atoms with Gasteiger partial charge in [-0.2, -0.15) is 0 Å². The zero-order chi connectivity index (χ0) is 30.8. The smallest absolute Gasteiger partial charge is 0.326 e. The molecule has 0 spiro atoms. The summed E-state index contributed by atoms with van der Waals surface area (Å²) < 4.78 is 0. The fourth-order valence-electron chi connectivity index (χ4n) is 4.62. The number of amides is 4. The van der Waals surface area contributed by atoms with Gasteiger partial charge in [-0.3, -0.25) is 19.2 Å². The van der Waals surface area contributed by atoms with Gasteiger partial charge in [0.25, 0.3) is 0 Å². The predicted molar refractivity (Wildman–Crippen MR) is 157 cm³/mol. The van der Waals surface area contributed by atoms with Gasteiger partial charge in [-0.15, -0.1) is 0 Å². The molecule has 0 fully saturated rings. The van der Waals surface area contributed by atoms with Gasteiger partial charge in [0.05, 0.1) is 12.5 Å². The van der Waals surface area contributed by atoms with Crippen molar-refractivity contribution in [1.82, 2.24) is 20.9 Å². The number of benzene rings is 2. The second-order valence-corrected chi connectivity index (χ2v) is 10.7. The molecule has 0 saturated heterocycles. The molecule has 224 valence electrons. The number of aliphatic carboxylic acids is 1. The lowest BCUT2D eigenvalue weighted by Crippen LogP contribution is -2.58. The molecule has 0 radical (unpaired) electrons. The Morgan fingerprint density at radius 1 is 0.810 bits per heavy atom. The van der Waals surface area contributed by atoms with Crippen LogP contribution in [-0.4, -0.2) is 63.9 Å². The molecule has 42 heavy (non-hydrogen) atoms. The van der Waals surface area contributed by atoms with Crippen molar-refractivity contribution in [1.29, 1.82) is 0 Å². The van der Waals surface area contributed by atoms with E-state index in [0.29, 0.717) is 5.56 Å². The lowest BCUT2D eigenvalue weighted by molar-refractivity contribution is -0.142. The highest BCUT2D eigenvalue weighted by molar-refractivity contribution is 5.95. The minimum absolute atomic E-state index is 0.0148. The van der Waals surface area contributed by atoms with Crippen LogP contribution in [0.5, 0.6) is 0 Å². The molecule has 12 heteroatoms. The zero-order valence-corrected chi connectivity index (χ0v) is 23.6. The number of carbonyl (C=O) groups excluding carboxylic acids is 4. The fraction of sp³-hybridized carbons (Fsp3) is 0.367. The molecule has 4 amide bonds. The van der Waals surface area contributed by atoms with Gasteiger partial charge in [-0.05, 0) is 29.5 Å². The number of hydrogen-bond donors (Lipinski definition) is 7. The normalized spacial score (nSPS) is 14.0. The number of rotatable bonds is 15. The van der Waals surface area contributed by atoms with Crippen molar-refractivity contribution in [3.8, 4) is 0 Å². The number of aromatic nitrogens is 1. The lowest BCUT2D eigenvalue weighted by atomic mass is 10.00. The van der Waals surface area contributed by atoms with E-state index in [4.69, 9.17) is 11.5 Å². The van der Waals surface area contributed by atoms with Crippen LogP contribution in [0, 0.1) is 5.92 Å². The van der Waals surface area contributed by atoms with E-state index in [1.807, 2.05) is 44.2 Å². The molecule has 2 aromatic carbocycles. The van der Waals surface area contributed by atoms with E-state index in [9.17, 15) is 29.1 Å². The molecule has 4 unspecified atom stereocenters. The number of fused-ring (bicyclic) bond motifs is 1. The third-order valence-corrected chi connectivity index (χ3v) is 6.73. The predicted octanol–water partition coefficient (Wildman–Crippen LogP) is 0.741. The minimum Gasteiger partial charge on any atom is -0.480 e. The van der Waals surface area contributed by atoms with Crippen molar-refractivity contribution in [3.05, 3.63) is 71.9 Å². The summed E-state index contributed by atoms with van der Waals surface area (Å²) in [5, 5.41) is 18.6. The zero-order valence-electron chi connectivity index (χ0n) is 23.6. The molecule has 3 rings (SSSR count). The van der Waals surface area contributed by atoms with Crippen LogP contribution in [0.15, 0.2) is 60.8 Å². The molecule has 0 aliphatic heterocycles. The maximum absolute atomic E-state index is 13.5. The summed E-state index contributed by atoms with van der Waals surface area (Å²) in [6.07, 6.45) is 1.62. The van der Waals surface area contributed by atoms with Crippen molar-refractivity contribution in [3.63, 3.8) is 0 Å². The first-order valence-corrected chi connectivity index (χ1v) is 13.7. The number of nitrogens with one attached hydrogen (secondary N) is 4. The monoisotopic (exact) mass is 578 g/mol. The maximum Gasteiger partial charge on any atom is 0.326 e. The molecular weight excluding hydrogens is 540 g/mol. The molecule has 12 nitrogen and oxygen atoms in total. The van der Waals surface area contributed by atoms with E-state index >= 15 is 0 Å². The summed E-state index contributed by atoms with van der Waals surface area (Å²) in [7, 11) is 0. The van der Waals surface area contributed by atoms with Gasteiger partial charge in [-0.1, -0.05) is 62.4 Å². The number of carboxylic acid groups (broad SMARTS) is 1. The lowest BCUT2D eigenvalue weighted by Gasteiger charge is -2.26. The summed E-state index contributed by atoms with van der Waals surface area (Å²) in [5.41, 5.74) is 13.2. The fourth-order valence-corrected chi connectivity index (χ4v) is 4.62. The Morgan fingerprint density at radius 3 is 2.05 bits per heavy atom. The maximum atomic E-state index is 13.5. The van der Waals surface area contributed by atoms with Gasteiger partial charge < -0.3 is 37.5 Å². The Balaban J connectivity index is 1.81. The van der Waals surface area contributed by atoms with Crippen LogP contribution < -0.4 is 27.4 Å². The highest BCUT2D eigenvalue weighted by Gasteiger charge is 2.31. The number of hydrogen-bond acceptors (Lipinski definition) is 6. The molecule has 0 aliphatic carbocycles. The van der Waals surface area contributed by atoms with E-state index in [1.165, 1.54) is 0 Å². The van der Waals surface area contributed by atoms with E-state index in [0.717, 1.165) is 16.5 Å². The number of nitrogens with two attached hydrogens (primary N) is 2. The Kier molecular flexibility index (Phi) is 11.2. The SMILES string of the molecule is CC(C)CC(NC(=O)C(N)CC(N)=O)C(=O)NC(Cc1ccccc1)C(=O)NC(Cc1c[nH]c2ccccc12)C(=O)O. The van der Waals surface area contributed by atoms with Crippen LogP contribution in [0.2, 0.25) is 0 Å². The van der Waals surface area contributed by atoms with Gasteiger partial charge in [0.2, 0.25) is 23.6 Å². The van der Waals surface area contributed by atoms with Gasteiger partial charge in [0.1, 0.15) is 18.1 Å². The molecule has 0 bridgehead atoms. The largest absolute Gasteiger partial charge is 0.480 e. The molecule has 0 saturated carbocycles. The van der Waals surface area contributed by atoms with Crippen molar-refractivity contribution in [2.24, 2.45) is 17.4 Å². The Hall–Kier alpha value is -4.71. The van der Waals surface area contributed by atoms with Gasteiger partial charge >= 0.3 is 5.97 Å². The minimum atomic E-state index is -1.27. The average Bonchev–Trinajstić information content (AvgIpc) is 3.34. The van der Waals surface area contributed by atoms with Crippen molar-refractivity contribution < 1.29 is 29.1 Å². The molecular formula is C30H38N6O6. The Morgan fingerprint density at radius 2 is 1.40 bits per heavy atom. The van der Waals surface area contributed by atoms with Gasteiger partial charge in [0.15, 0.2) is 0 Å². The topological polar surface area (TPSA) is 209 Å². The van der Waals surface area contributed by atoms with E-state index in [1.54, 1.807) is 30.5 Å². The first kappa shape index (κ1) is 31.8. The quantitative estimate of drug-likeness (QED) is 0.137. The van der Waals surface area contributed by atoms with E-state index in [2.05, 4.69) is 20.9 Å². The van der Waals surface area contributed by atoms with Crippen LogP contribution in [0.3, 0.4) is 0 Å². The first-order chi connectivity index (χ1) is 19.9. The first-order valence-electron chi connectivity index (χ1n) is 13.7. The molecule has 0 aliphatic rings. The third-order valence-electron chi connectivity index (χ3n) is 6.73. The van der Waals surface area contributed by atoms with Crippen molar-refractivity contribution >= 4 is 40.5 Å². The van der Waals surface area contributed by atoms with Crippen LogP contribution >= 0.6 is 0 Å². The van der Waals surface area contributed by atoms with Crippen molar-refractivity contribution in [2.45, 2.75) is 63.7 Å². The average molecular weight is 579 g/mol. The Labute approximate surface area is 243 Å². The van der Waals surface area contributed by atoms with Crippen LogP contribution in [0.4, 0.5) is 0 Å².